The van der Waals surface area contributed by atoms with Crippen molar-refractivity contribution in [3.63, 3.8) is 0 Å². The SMILES string of the molecule is NC1=NC(=O)N(C2CC2)C1CC1CCCCC1. The molecule has 2 saturated carbocycles. The van der Waals surface area contributed by atoms with E-state index in [0.29, 0.717) is 11.9 Å². The molecule has 2 aliphatic carbocycles. The molecule has 94 valence electrons. The maximum atomic E-state index is 11.8. The van der Waals surface area contributed by atoms with Crippen molar-refractivity contribution in [1.82, 2.24) is 4.90 Å². The van der Waals surface area contributed by atoms with Gasteiger partial charge < -0.3 is 10.6 Å². The van der Waals surface area contributed by atoms with Crippen molar-refractivity contribution in [1.29, 1.82) is 0 Å². The number of amides is 2. The topological polar surface area (TPSA) is 58.7 Å². The van der Waals surface area contributed by atoms with Gasteiger partial charge in [0.2, 0.25) is 0 Å². The fraction of sp³-hybridized carbons (Fsp3) is 0.846. The Balaban J connectivity index is 1.67. The Bertz CT molecular complexity index is 343. The van der Waals surface area contributed by atoms with E-state index < -0.39 is 0 Å². The Kier molecular flexibility index (Phi) is 2.81. The molecule has 2 amide bonds. The molecule has 0 radical (unpaired) electrons. The zero-order valence-corrected chi connectivity index (χ0v) is 10.3. The van der Waals surface area contributed by atoms with Crippen LogP contribution in [-0.4, -0.2) is 28.9 Å². The molecule has 1 atom stereocenters. The molecular weight excluding hydrogens is 214 g/mol. The number of nitrogens with zero attached hydrogens (tertiary/aromatic N) is 2. The summed E-state index contributed by atoms with van der Waals surface area (Å²) in [6.07, 6.45) is 9.96. The summed E-state index contributed by atoms with van der Waals surface area (Å²) < 4.78 is 0. The molecule has 4 heteroatoms. The van der Waals surface area contributed by atoms with Crippen molar-refractivity contribution < 1.29 is 4.79 Å². The molecule has 3 aliphatic rings. The lowest BCUT2D eigenvalue weighted by Crippen LogP contribution is -2.43. The largest absolute Gasteiger partial charge is 0.385 e. The third-order valence-corrected chi connectivity index (χ3v) is 4.34. The number of nitrogens with two attached hydrogens (primary N) is 1. The Morgan fingerprint density at radius 2 is 1.88 bits per heavy atom. The smallest absolute Gasteiger partial charge is 0.346 e. The fourth-order valence-corrected chi connectivity index (χ4v) is 3.25. The summed E-state index contributed by atoms with van der Waals surface area (Å²) in [4.78, 5) is 17.7. The van der Waals surface area contributed by atoms with E-state index in [1.807, 2.05) is 4.90 Å². The highest BCUT2D eigenvalue weighted by atomic mass is 16.2. The fourth-order valence-electron chi connectivity index (χ4n) is 3.25. The molecule has 0 bridgehead atoms. The molecule has 1 heterocycles. The second-order valence-electron chi connectivity index (χ2n) is 5.71. The van der Waals surface area contributed by atoms with Crippen molar-refractivity contribution >= 4 is 11.9 Å². The molecule has 0 aromatic heterocycles. The van der Waals surface area contributed by atoms with Gasteiger partial charge in [-0.25, -0.2) is 4.79 Å². The van der Waals surface area contributed by atoms with Crippen LogP contribution in [-0.2, 0) is 0 Å². The summed E-state index contributed by atoms with van der Waals surface area (Å²) in [6.45, 7) is 0. The van der Waals surface area contributed by atoms with E-state index in [9.17, 15) is 4.79 Å². The van der Waals surface area contributed by atoms with Crippen LogP contribution in [0.5, 0.6) is 0 Å². The number of amidine groups is 1. The van der Waals surface area contributed by atoms with E-state index in [1.54, 1.807) is 0 Å². The average molecular weight is 235 g/mol. The van der Waals surface area contributed by atoms with Crippen molar-refractivity contribution in [3.8, 4) is 0 Å². The first kappa shape index (κ1) is 11.1. The van der Waals surface area contributed by atoms with Crippen molar-refractivity contribution in [2.45, 2.75) is 63.5 Å². The van der Waals surface area contributed by atoms with Gasteiger partial charge in [0.05, 0.1) is 6.04 Å². The molecule has 0 saturated heterocycles. The molecule has 0 spiro atoms. The third kappa shape index (κ3) is 2.17. The Labute approximate surface area is 102 Å². The summed E-state index contributed by atoms with van der Waals surface area (Å²) in [7, 11) is 0. The lowest BCUT2D eigenvalue weighted by Gasteiger charge is -2.29. The Morgan fingerprint density at radius 1 is 1.18 bits per heavy atom. The number of hydrogen-bond donors (Lipinski definition) is 1. The molecule has 3 rings (SSSR count). The van der Waals surface area contributed by atoms with E-state index >= 15 is 0 Å². The van der Waals surface area contributed by atoms with E-state index in [2.05, 4.69) is 4.99 Å². The van der Waals surface area contributed by atoms with E-state index in [0.717, 1.165) is 25.2 Å². The lowest BCUT2D eigenvalue weighted by atomic mass is 9.84. The van der Waals surface area contributed by atoms with Gasteiger partial charge in [-0.05, 0) is 25.2 Å². The van der Waals surface area contributed by atoms with Gasteiger partial charge in [0.25, 0.3) is 0 Å². The minimum absolute atomic E-state index is 0.0918. The van der Waals surface area contributed by atoms with Crippen LogP contribution in [0, 0.1) is 5.92 Å². The van der Waals surface area contributed by atoms with Crippen molar-refractivity contribution in [3.05, 3.63) is 0 Å². The molecule has 0 aromatic carbocycles. The molecule has 0 aromatic rings. The van der Waals surface area contributed by atoms with Crippen LogP contribution in [0.1, 0.15) is 51.4 Å². The lowest BCUT2D eigenvalue weighted by molar-refractivity contribution is 0.189. The Hall–Kier alpha value is -1.06. The van der Waals surface area contributed by atoms with Crippen LogP contribution in [0.4, 0.5) is 4.79 Å². The summed E-state index contributed by atoms with van der Waals surface area (Å²) in [6, 6.07) is 0.449. The monoisotopic (exact) mass is 235 g/mol. The van der Waals surface area contributed by atoms with E-state index in [1.165, 1.54) is 32.1 Å². The number of hydrogen-bond acceptors (Lipinski definition) is 2. The van der Waals surface area contributed by atoms with Crippen molar-refractivity contribution in [2.75, 3.05) is 0 Å². The normalized spacial score (nSPS) is 30.8. The second-order valence-corrected chi connectivity index (χ2v) is 5.71. The third-order valence-electron chi connectivity index (χ3n) is 4.34. The molecular formula is C13H21N3O. The van der Waals surface area contributed by atoms with Gasteiger partial charge in [0.1, 0.15) is 5.84 Å². The maximum Gasteiger partial charge on any atom is 0.346 e. The molecule has 17 heavy (non-hydrogen) atoms. The zero-order valence-electron chi connectivity index (χ0n) is 10.3. The minimum atomic E-state index is -0.0918. The first-order chi connectivity index (χ1) is 8.25. The number of rotatable bonds is 3. The molecule has 4 nitrogen and oxygen atoms in total. The molecule has 1 aliphatic heterocycles. The van der Waals surface area contributed by atoms with Crippen LogP contribution >= 0.6 is 0 Å². The van der Waals surface area contributed by atoms with Crippen LogP contribution in [0.2, 0.25) is 0 Å². The zero-order chi connectivity index (χ0) is 11.8. The van der Waals surface area contributed by atoms with Gasteiger partial charge in [-0.1, -0.05) is 32.1 Å². The van der Waals surface area contributed by atoms with Crippen LogP contribution < -0.4 is 5.73 Å². The predicted molar refractivity (Wildman–Crippen MR) is 66.9 cm³/mol. The van der Waals surface area contributed by atoms with Crippen LogP contribution in [0.15, 0.2) is 4.99 Å². The van der Waals surface area contributed by atoms with Crippen LogP contribution in [0.25, 0.3) is 0 Å². The quantitative estimate of drug-likeness (QED) is 0.815. The van der Waals surface area contributed by atoms with Gasteiger partial charge in [-0.15, -0.1) is 0 Å². The standard InChI is InChI=1S/C13H21N3O/c14-12-11(8-9-4-2-1-3-5-9)16(10-6-7-10)13(17)15-12/h9-11H,1-8H2,(H2,14,15,17). The summed E-state index contributed by atoms with van der Waals surface area (Å²) >= 11 is 0. The highest BCUT2D eigenvalue weighted by Crippen LogP contribution is 2.36. The van der Waals surface area contributed by atoms with Gasteiger partial charge in [0.15, 0.2) is 0 Å². The average Bonchev–Trinajstić information content (AvgIpc) is 3.10. The van der Waals surface area contributed by atoms with Gasteiger partial charge in [-0.3, -0.25) is 0 Å². The summed E-state index contributed by atoms with van der Waals surface area (Å²) in [5.41, 5.74) is 5.93. The summed E-state index contributed by atoms with van der Waals surface area (Å²) in [5, 5.41) is 0. The highest BCUT2D eigenvalue weighted by Gasteiger charge is 2.43. The van der Waals surface area contributed by atoms with E-state index in [4.69, 9.17) is 5.73 Å². The summed E-state index contributed by atoms with van der Waals surface area (Å²) in [5.74, 6) is 1.31. The Morgan fingerprint density at radius 3 is 2.53 bits per heavy atom. The van der Waals surface area contributed by atoms with Crippen molar-refractivity contribution in [2.24, 2.45) is 16.6 Å². The number of urea groups is 1. The van der Waals surface area contributed by atoms with Gasteiger partial charge >= 0.3 is 6.03 Å². The molecule has 2 N–H and O–H groups in total. The number of aliphatic imine (C=N–C) groups is 1. The highest BCUT2D eigenvalue weighted by molar-refractivity contribution is 6.03. The number of carbonyl (C=O) groups excluding carboxylic acids is 1. The first-order valence-electron chi connectivity index (χ1n) is 6.92. The molecule has 1 unspecified atom stereocenters. The maximum absolute atomic E-state index is 11.8. The number of carbonyl (C=O) groups is 1. The van der Waals surface area contributed by atoms with E-state index in [-0.39, 0.29) is 12.1 Å². The predicted octanol–water partition coefficient (Wildman–Crippen LogP) is 2.28. The van der Waals surface area contributed by atoms with Gasteiger partial charge in [-0.2, -0.15) is 4.99 Å². The van der Waals surface area contributed by atoms with Gasteiger partial charge in [0, 0.05) is 6.04 Å². The second kappa shape index (κ2) is 4.31. The molecule has 2 fully saturated rings. The minimum Gasteiger partial charge on any atom is -0.385 e. The van der Waals surface area contributed by atoms with Crippen LogP contribution in [0.3, 0.4) is 0 Å². The first-order valence-corrected chi connectivity index (χ1v) is 6.92.